The van der Waals surface area contributed by atoms with Crippen molar-refractivity contribution in [3.05, 3.63) is 69.3 Å². The Morgan fingerprint density at radius 3 is 2.65 bits per heavy atom. The molecule has 0 saturated carbocycles. The summed E-state index contributed by atoms with van der Waals surface area (Å²) in [7, 11) is 0. The van der Waals surface area contributed by atoms with E-state index in [0.29, 0.717) is 0 Å². The minimum Gasteiger partial charge on any atom is -0.258 e. The number of rotatable bonds is 3. The normalized spacial score (nSPS) is 11.2. The summed E-state index contributed by atoms with van der Waals surface area (Å²) < 4.78 is 1.14. The van der Waals surface area contributed by atoms with Gasteiger partial charge in [0.25, 0.3) is 5.69 Å². The molecule has 5 heteroatoms. The van der Waals surface area contributed by atoms with E-state index in [9.17, 15) is 10.1 Å². The molecule has 4 nitrogen and oxygen atoms in total. The first-order valence-electron chi connectivity index (χ1n) is 5.99. The number of aromatic nitrogens is 1. The number of hydrogen-bond acceptors (Lipinski definition) is 4. The summed E-state index contributed by atoms with van der Waals surface area (Å²) in [6.45, 7) is 0. The molecule has 98 valence electrons. The molecule has 20 heavy (non-hydrogen) atoms. The van der Waals surface area contributed by atoms with Crippen molar-refractivity contribution < 1.29 is 4.92 Å². The minimum absolute atomic E-state index is 0.0978. The Kier molecular flexibility index (Phi) is 3.26. The Morgan fingerprint density at radius 2 is 1.90 bits per heavy atom. The van der Waals surface area contributed by atoms with Crippen LogP contribution in [-0.4, -0.2) is 9.91 Å². The van der Waals surface area contributed by atoms with Crippen LogP contribution in [0.15, 0.2) is 48.0 Å². The summed E-state index contributed by atoms with van der Waals surface area (Å²) in [5, 5.41) is 13.8. The molecule has 0 fully saturated rings. The Labute approximate surface area is 119 Å². The van der Waals surface area contributed by atoms with E-state index in [2.05, 4.69) is 11.1 Å². The van der Waals surface area contributed by atoms with E-state index in [0.717, 1.165) is 16.0 Å². The quantitative estimate of drug-likeness (QED) is 0.529. The van der Waals surface area contributed by atoms with E-state index in [-0.39, 0.29) is 5.69 Å². The predicted molar refractivity (Wildman–Crippen MR) is 81.6 cm³/mol. The maximum absolute atomic E-state index is 10.6. The van der Waals surface area contributed by atoms with Crippen LogP contribution in [0.4, 0.5) is 5.69 Å². The van der Waals surface area contributed by atoms with Gasteiger partial charge in [-0.15, -0.1) is 11.3 Å². The first-order valence-corrected chi connectivity index (χ1v) is 6.87. The van der Waals surface area contributed by atoms with Crippen LogP contribution in [0.25, 0.3) is 22.2 Å². The van der Waals surface area contributed by atoms with Crippen molar-refractivity contribution in [1.82, 2.24) is 4.98 Å². The summed E-state index contributed by atoms with van der Waals surface area (Å²) in [4.78, 5) is 14.5. The van der Waals surface area contributed by atoms with Gasteiger partial charge in [-0.1, -0.05) is 6.08 Å². The van der Waals surface area contributed by atoms with Crippen LogP contribution >= 0.6 is 11.3 Å². The summed E-state index contributed by atoms with van der Waals surface area (Å²) in [5.74, 6) is 0. The van der Waals surface area contributed by atoms with Crippen molar-refractivity contribution in [3.8, 4) is 0 Å². The lowest BCUT2D eigenvalue weighted by Gasteiger charge is -1.96. The molecule has 0 bridgehead atoms. The van der Waals surface area contributed by atoms with Gasteiger partial charge in [-0.05, 0) is 46.7 Å². The zero-order valence-corrected chi connectivity index (χ0v) is 11.2. The number of nitro groups is 1. The van der Waals surface area contributed by atoms with Gasteiger partial charge < -0.3 is 0 Å². The Hall–Kier alpha value is -2.53. The molecule has 0 spiro atoms. The molecular formula is C15H10N2O2S. The second-order valence-corrected chi connectivity index (χ2v) is 5.13. The lowest BCUT2D eigenvalue weighted by atomic mass is 10.1. The molecule has 2 aromatic heterocycles. The van der Waals surface area contributed by atoms with Gasteiger partial charge in [-0.3, -0.25) is 15.1 Å². The van der Waals surface area contributed by atoms with Crippen LogP contribution < -0.4 is 0 Å². The highest BCUT2D eigenvalue weighted by molar-refractivity contribution is 7.17. The third-order valence-corrected chi connectivity index (χ3v) is 3.89. The molecule has 3 aromatic rings. The van der Waals surface area contributed by atoms with Crippen molar-refractivity contribution in [3.63, 3.8) is 0 Å². The molecule has 3 rings (SSSR count). The van der Waals surface area contributed by atoms with Gasteiger partial charge in [-0.25, -0.2) is 0 Å². The Morgan fingerprint density at radius 1 is 1.10 bits per heavy atom. The molecule has 0 atom stereocenters. The van der Waals surface area contributed by atoms with E-state index in [1.165, 1.54) is 17.5 Å². The maximum atomic E-state index is 10.6. The van der Waals surface area contributed by atoms with Crippen LogP contribution in [0.3, 0.4) is 0 Å². The molecule has 0 aliphatic rings. The van der Waals surface area contributed by atoms with Gasteiger partial charge in [0, 0.05) is 18.3 Å². The smallest absolute Gasteiger partial charge is 0.258 e. The summed E-state index contributed by atoms with van der Waals surface area (Å²) in [6, 6.07) is 10.5. The van der Waals surface area contributed by atoms with Gasteiger partial charge in [-0.2, -0.15) is 0 Å². The Balaban J connectivity index is 1.90. The van der Waals surface area contributed by atoms with Crippen molar-refractivity contribution in [1.29, 1.82) is 0 Å². The number of nitrogens with zero attached hydrogens (tertiary/aromatic N) is 2. The van der Waals surface area contributed by atoms with E-state index >= 15 is 0 Å². The fraction of sp³-hybridized carbons (Fsp3) is 0. The van der Waals surface area contributed by atoms with Gasteiger partial charge in [0.15, 0.2) is 0 Å². The van der Waals surface area contributed by atoms with Gasteiger partial charge in [0.2, 0.25) is 0 Å². The second-order valence-electron chi connectivity index (χ2n) is 4.22. The highest BCUT2D eigenvalue weighted by atomic mass is 32.1. The van der Waals surface area contributed by atoms with E-state index in [1.807, 2.05) is 23.6 Å². The zero-order valence-electron chi connectivity index (χ0n) is 10.4. The van der Waals surface area contributed by atoms with Crippen LogP contribution in [0.5, 0.6) is 0 Å². The van der Waals surface area contributed by atoms with Crippen LogP contribution in [0.2, 0.25) is 0 Å². The molecule has 0 unspecified atom stereocenters. The lowest BCUT2D eigenvalue weighted by Crippen LogP contribution is -1.86. The highest BCUT2D eigenvalue weighted by Crippen LogP contribution is 2.24. The lowest BCUT2D eigenvalue weighted by molar-refractivity contribution is -0.384. The van der Waals surface area contributed by atoms with Gasteiger partial charge >= 0.3 is 0 Å². The molecule has 0 amide bonds. The number of non-ortho nitro benzene ring substituents is 1. The summed E-state index contributed by atoms with van der Waals surface area (Å²) in [6.07, 6.45) is 5.62. The number of pyridine rings is 1. The molecule has 2 heterocycles. The monoisotopic (exact) mass is 282 g/mol. The van der Waals surface area contributed by atoms with E-state index < -0.39 is 4.92 Å². The summed E-state index contributed by atoms with van der Waals surface area (Å²) in [5.41, 5.74) is 1.92. The largest absolute Gasteiger partial charge is 0.269 e. The average Bonchev–Trinajstić information content (AvgIpc) is 2.94. The van der Waals surface area contributed by atoms with Crippen molar-refractivity contribution >= 4 is 39.3 Å². The maximum Gasteiger partial charge on any atom is 0.269 e. The number of hydrogen-bond donors (Lipinski definition) is 0. The van der Waals surface area contributed by atoms with Crippen LogP contribution in [0.1, 0.15) is 11.3 Å². The highest BCUT2D eigenvalue weighted by Gasteiger charge is 2.03. The van der Waals surface area contributed by atoms with Crippen molar-refractivity contribution in [2.45, 2.75) is 0 Å². The number of fused-ring (bicyclic) bond motifs is 1. The van der Waals surface area contributed by atoms with Gasteiger partial charge in [0.1, 0.15) is 0 Å². The topological polar surface area (TPSA) is 56.0 Å². The van der Waals surface area contributed by atoms with Gasteiger partial charge in [0.05, 0.1) is 15.3 Å². The van der Waals surface area contributed by atoms with E-state index in [1.54, 1.807) is 29.7 Å². The van der Waals surface area contributed by atoms with Crippen molar-refractivity contribution in [2.24, 2.45) is 0 Å². The molecule has 0 aliphatic carbocycles. The number of benzene rings is 1. The first-order chi connectivity index (χ1) is 9.74. The summed E-state index contributed by atoms with van der Waals surface area (Å²) >= 11 is 1.65. The third-order valence-electron chi connectivity index (χ3n) is 2.93. The molecule has 1 aromatic carbocycles. The standard InChI is InChI=1S/C15H10N2O2S/c18-17(19)13-4-1-11(2-5-13)3-6-14-15-12(7-9-16-14)8-10-20-15/h1-10H. The molecule has 0 aliphatic heterocycles. The molecular weight excluding hydrogens is 272 g/mol. The number of thiophene rings is 1. The minimum atomic E-state index is -0.401. The first kappa shape index (κ1) is 12.5. The Bertz CT molecular complexity index is 791. The second kappa shape index (κ2) is 5.22. The molecule has 0 radical (unpaired) electrons. The fourth-order valence-electron chi connectivity index (χ4n) is 1.92. The van der Waals surface area contributed by atoms with Crippen LogP contribution in [0, 0.1) is 10.1 Å². The van der Waals surface area contributed by atoms with E-state index in [4.69, 9.17) is 0 Å². The van der Waals surface area contributed by atoms with Crippen molar-refractivity contribution in [2.75, 3.05) is 0 Å². The fourth-order valence-corrected chi connectivity index (χ4v) is 2.78. The van der Waals surface area contributed by atoms with Crippen LogP contribution in [-0.2, 0) is 0 Å². The SMILES string of the molecule is O=[N+]([O-])c1ccc(C=Cc2nccc3ccsc23)cc1. The average molecular weight is 282 g/mol. The third kappa shape index (κ3) is 2.44. The molecule has 0 saturated heterocycles. The number of nitro benzene ring substituents is 1. The predicted octanol–water partition coefficient (Wildman–Crippen LogP) is 4.37. The zero-order chi connectivity index (χ0) is 13.9. The molecule has 0 N–H and O–H groups in total.